The SMILES string of the molecule is CC.CC1CC2C(C(O)CC3CCCCC32C)C2CC[C@H](CCCC(=O)O)C12. The average molecular weight is 393 g/mol. The molecule has 0 bridgehead atoms. The molecule has 4 saturated carbocycles. The van der Waals surface area contributed by atoms with Crippen LogP contribution < -0.4 is 0 Å². The van der Waals surface area contributed by atoms with Crippen molar-refractivity contribution in [3.05, 3.63) is 0 Å². The van der Waals surface area contributed by atoms with Crippen molar-refractivity contribution in [2.45, 2.75) is 104 Å². The Hall–Kier alpha value is -0.570. The number of fused-ring (bicyclic) bond motifs is 5. The summed E-state index contributed by atoms with van der Waals surface area (Å²) >= 11 is 0. The number of carboxylic acids is 1. The number of aliphatic hydroxyl groups is 1. The van der Waals surface area contributed by atoms with Gasteiger partial charge in [0, 0.05) is 6.42 Å². The predicted molar refractivity (Wildman–Crippen MR) is 114 cm³/mol. The van der Waals surface area contributed by atoms with Crippen molar-refractivity contribution in [1.82, 2.24) is 0 Å². The second kappa shape index (κ2) is 9.06. The van der Waals surface area contributed by atoms with Gasteiger partial charge in [-0.05, 0) is 98.2 Å². The number of rotatable bonds is 4. The van der Waals surface area contributed by atoms with Crippen molar-refractivity contribution >= 4 is 5.97 Å². The third kappa shape index (κ3) is 3.89. The maximum absolute atomic E-state index is 11.1. The molecule has 3 heteroatoms. The van der Waals surface area contributed by atoms with Gasteiger partial charge in [0.15, 0.2) is 0 Å². The first-order valence-corrected chi connectivity index (χ1v) is 12.3. The van der Waals surface area contributed by atoms with E-state index < -0.39 is 5.97 Å². The normalized spacial score (nSPS) is 47.2. The van der Waals surface area contributed by atoms with E-state index in [0.29, 0.717) is 35.5 Å². The van der Waals surface area contributed by atoms with Crippen LogP contribution in [0, 0.1) is 46.8 Å². The van der Waals surface area contributed by atoms with Gasteiger partial charge in [-0.3, -0.25) is 4.79 Å². The topological polar surface area (TPSA) is 57.5 Å². The fourth-order valence-electron chi connectivity index (χ4n) is 8.36. The number of aliphatic carboxylic acids is 1. The van der Waals surface area contributed by atoms with E-state index in [1.807, 2.05) is 13.8 Å². The maximum Gasteiger partial charge on any atom is 0.303 e. The smallest absolute Gasteiger partial charge is 0.303 e. The molecule has 162 valence electrons. The molecule has 4 aliphatic carbocycles. The van der Waals surface area contributed by atoms with Crippen LogP contribution in [0.5, 0.6) is 0 Å². The highest BCUT2D eigenvalue weighted by atomic mass is 16.4. The van der Waals surface area contributed by atoms with Gasteiger partial charge in [-0.25, -0.2) is 0 Å². The summed E-state index contributed by atoms with van der Waals surface area (Å²) < 4.78 is 0. The molecule has 0 saturated heterocycles. The van der Waals surface area contributed by atoms with Gasteiger partial charge in [0.05, 0.1) is 6.10 Å². The van der Waals surface area contributed by atoms with Gasteiger partial charge in [-0.15, -0.1) is 0 Å². The molecule has 4 fully saturated rings. The van der Waals surface area contributed by atoms with E-state index in [2.05, 4.69) is 13.8 Å². The van der Waals surface area contributed by atoms with E-state index in [1.165, 1.54) is 44.9 Å². The van der Waals surface area contributed by atoms with Crippen LogP contribution in [-0.4, -0.2) is 22.3 Å². The lowest BCUT2D eigenvalue weighted by Crippen LogP contribution is -2.57. The van der Waals surface area contributed by atoms with Crippen LogP contribution in [0.25, 0.3) is 0 Å². The quantitative estimate of drug-likeness (QED) is 0.604. The summed E-state index contributed by atoms with van der Waals surface area (Å²) in [5.74, 6) is 4.16. The highest BCUT2D eigenvalue weighted by Gasteiger charge is 2.59. The van der Waals surface area contributed by atoms with Crippen molar-refractivity contribution < 1.29 is 15.0 Å². The highest BCUT2D eigenvalue weighted by Crippen LogP contribution is 2.65. The Morgan fingerprint density at radius 3 is 2.54 bits per heavy atom. The van der Waals surface area contributed by atoms with Crippen LogP contribution in [0.1, 0.15) is 98.3 Å². The molecule has 3 nitrogen and oxygen atoms in total. The lowest BCUT2D eigenvalue weighted by atomic mass is 9.45. The third-order valence-electron chi connectivity index (χ3n) is 9.38. The molecular weight excluding hydrogens is 348 g/mol. The molecule has 0 amide bonds. The minimum Gasteiger partial charge on any atom is -0.481 e. The summed E-state index contributed by atoms with van der Waals surface area (Å²) in [6.45, 7) is 9.03. The summed E-state index contributed by atoms with van der Waals surface area (Å²) in [5, 5.41) is 20.1. The van der Waals surface area contributed by atoms with Gasteiger partial charge >= 0.3 is 5.97 Å². The van der Waals surface area contributed by atoms with Crippen LogP contribution in [-0.2, 0) is 4.79 Å². The zero-order valence-electron chi connectivity index (χ0n) is 18.7. The Bertz CT molecular complexity index is 532. The van der Waals surface area contributed by atoms with Crippen LogP contribution in [0.4, 0.5) is 0 Å². The fraction of sp³-hybridized carbons (Fsp3) is 0.960. The maximum atomic E-state index is 11.1. The monoisotopic (exact) mass is 392 g/mol. The van der Waals surface area contributed by atoms with Crippen LogP contribution >= 0.6 is 0 Å². The molecule has 0 heterocycles. The average Bonchev–Trinajstić information content (AvgIpc) is 3.09. The van der Waals surface area contributed by atoms with E-state index in [-0.39, 0.29) is 6.10 Å². The van der Waals surface area contributed by atoms with Gasteiger partial charge in [0.1, 0.15) is 0 Å². The molecule has 0 aromatic carbocycles. The zero-order chi connectivity index (χ0) is 20.5. The van der Waals surface area contributed by atoms with Crippen LogP contribution in [0.15, 0.2) is 0 Å². The molecule has 0 aliphatic heterocycles. The van der Waals surface area contributed by atoms with E-state index in [4.69, 9.17) is 5.11 Å². The number of carbonyl (C=O) groups is 1. The molecular formula is C25H44O3. The lowest BCUT2D eigenvalue weighted by molar-refractivity contribution is -0.156. The van der Waals surface area contributed by atoms with Gasteiger partial charge in [-0.1, -0.05) is 40.5 Å². The summed E-state index contributed by atoms with van der Waals surface area (Å²) in [4.78, 5) is 10.9. The Morgan fingerprint density at radius 2 is 1.82 bits per heavy atom. The van der Waals surface area contributed by atoms with E-state index in [9.17, 15) is 9.90 Å². The van der Waals surface area contributed by atoms with E-state index in [0.717, 1.165) is 37.0 Å². The van der Waals surface area contributed by atoms with E-state index in [1.54, 1.807) is 0 Å². The Labute approximate surface area is 172 Å². The van der Waals surface area contributed by atoms with Gasteiger partial charge in [-0.2, -0.15) is 0 Å². The lowest BCUT2D eigenvalue weighted by Gasteiger charge is -2.61. The molecule has 2 N–H and O–H groups in total. The molecule has 0 aromatic heterocycles. The second-order valence-electron chi connectivity index (χ2n) is 10.5. The number of aliphatic hydroxyl groups excluding tert-OH is 1. The van der Waals surface area contributed by atoms with Gasteiger partial charge < -0.3 is 10.2 Å². The molecule has 0 radical (unpaired) electrons. The Balaban J connectivity index is 0.00000109. The summed E-state index contributed by atoms with van der Waals surface area (Å²) in [5.41, 5.74) is 0.461. The molecule has 8 unspecified atom stereocenters. The molecule has 4 rings (SSSR count). The van der Waals surface area contributed by atoms with Crippen molar-refractivity contribution in [3.63, 3.8) is 0 Å². The molecule has 4 aliphatic rings. The molecule has 0 aromatic rings. The van der Waals surface area contributed by atoms with Crippen molar-refractivity contribution in [3.8, 4) is 0 Å². The molecule has 9 atom stereocenters. The number of hydrogen-bond donors (Lipinski definition) is 2. The zero-order valence-corrected chi connectivity index (χ0v) is 18.7. The largest absolute Gasteiger partial charge is 0.481 e. The van der Waals surface area contributed by atoms with Gasteiger partial charge in [0.2, 0.25) is 0 Å². The standard InChI is InChI=1S/C23H38O3.C2H6/c1-14-12-18-22(19(24)13-16-7-3-4-11-23(16,18)2)17-10-9-15(21(14)17)6-5-8-20(25)26;1-2/h14-19,21-22,24H,3-13H2,1-2H3,(H,25,26);1-2H3/t14?,15-,16?,17?,18?,19?,21?,22?,23?;/m0./s1. The van der Waals surface area contributed by atoms with Crippen LogP contribution in [0.2, 0.25) is 0 Å². The van der Waals surface area contributed by atoms with Crippen LogP contribution in [0.3, 0.4) is 0 Å². The third-order valence-corrected chi connectivity index (χ3v) is 9.38. The predicted octanol–water partition coefficient (Wildman–Crippen LogP) is 6.14. The molecule has 0 spiro atoms. The Kier molecular flexibility index (Phi) is 7.16. The Morgan fingerprint density at radius 1 is 1.07 bits per heavy atom. The highest BCUT2D eigenvalue weighted by molar-refractivity contribution is 5.66. The van der Waals surface area contributed by atoms with Crippen molar-refractivity contribution in [2.24, 2.45) is 46.8 Å². The minimum absolute atomic E-state index is 0.0889. The minimum atomic E-state index is -0.657. The molecule has 28 heavy (non-hydrogen) atoms. The first-order chi connectivity index (χ1) is 13.4. The summed E-state index contributed by atoms with van der Waals surface area (Å²) in [7, 11) is 0. The van der Waals surface area contributed by atoms with Crippen molar-refractivity contribution in [2.75, 3.05) is 0 Å². The van der Waals surface area contributed by atoms with Gasteiger partial charge in [0.25, 0.3) is 0 Å². The number of hydrogen-bond acceptors (Lipinski definition) is 2. The first-order valence-electron chi connectivity index (χ1n) is 12.3. The second-order valence-corrected chi connectivity index (χ2v) is 10.5. The summed E-state index contributed by atoms with van der Waals surface area (Å²) in [6.07, 6.45) is 12.4. The van der Waals surface area contributed by atoms with E-state index >= 15 is 0 Å². The summed E-state index contributed by atoms with van der Waals surface area (Å²) in [6, 6.07) is 0. The van der Waals surface area contributed by atoms with Crippen molar-refractivity contribution in [1.29, 1.82) is 0 Å². The number of carboxylic acid groups (broad SMARTS) is 1. The fourth-order valence-corrected chi connectivity index (χ4v) is 8.36. The first kappa shape index (κ1) is 22.1.